The van der Waals surface area contributed by atoms with E-state index in [1.165, 1.54) is 30.6 Å². The van der Waals surface area contributed by atoms with Gasteiger partial charge < -0.3 is 10.2 Å². The molecular formula is C21H17F3N4O2. The second kappa shape index (κ2) is 8.78. The number of likely N-dealkylation sites (tertiary alicyclic amines) is 1. The fraction of sp³-hybridized carbons (Fsp3) is 0.238. The molecule has 30 heavy (non-hydrogen) atoms. The third-order valence-corrected chi connectivity index (χ3v) is 4.56. The SMILES string of the molecule is N#CC1CC(F)(F)CN1C(=O)CNC(=O)c1ccncc1C=Cc1ccc(F)cc1. The lowest BCUT2D eigenvalue weighted by Gasteiger charge is -2.19. The predicted molar refractivity (Wildman–Crippen MR) is 103 cm³/mol. The first kappa shape index (κ1) is 21.0. The van der Waals surface area contributed by atoms with Crippen LogP contribution < -0.4 is 5.32 Å². The van der Waals surface area contributed by atoms with Crippen LogP contribution in [-0.2, 0) is 4.79 Å². The van der Waals surface area contributed by atoms with Crippen LogP contribution in [0, 0.1) is 17.1 Å². The smallest absolute Gasteiger partial charge is 0.268 e. The summed E-state index contributed by atoms with van der Waals surface area (Å²) in [5.41, 5.74) is 1.38. The molecule has 9 heteroatoms. The maximum Gasteiger partial charge on any atom is 0.268 e. The summed E-state index contributed by atoms with van der Waals surface area (Å²) in [7, 11) is 0. The van der Waals surface area contributed by atoms with Crippen molar-refractivity contribution in [2.45, 2.75) is 18.4 Å². The molecule has 1 aliphatic heterocycles. The van der Waals surface area contributed by atoms with Gasteiger partial charge in [-0.15, -0.1) is 0 Å². The molecule has 1 N–H and O–H groups in total. The van der Waals surface area contributed by atoms with Crippen molar-refractivity contribution in [1.29, 1.82) is 5.26 Å². The molecule has 1 fully saturated rings. The van der Waals surface area contributed by atoms with E-state index in [4.69, 9.17) is 5.26 Å². The van der Waals surface area contributed by atoms with Crippen LogP contribution in [0.2, 0.25) is 0 Å². The summed E-state index contributed by atoms with van der Waals surface area (Å²) in [6, 6.07) is 7.66. The zero-order valence-corrected chi connectivity index (χ0v) is 15.7. The first-order valence-electron chi connectivity index (χ1n) is 9.02. The third kappa shape index (κ3) is 5.03. The lowest BCUT2D eigenvalue weighted by atomic mass is 10.1. The minimum atomic E-state index is -3.12. The van der Waals surface area contributed by atoms with Crippen LogP contribution in [-0.4, -0.2) is 46.8 Å². The van der Waals surface area contributed by atoms with Gasteiger partial charge in [0.05, 0.1) is 19.2 Å². The molecule has 0 radical (unpaired) electrons. The number of nitrogens with zero attached hydrogens (tertiary/aromatic N) is 3. The summed E-state index contributed by atoms with van der Waals surface area (Å²) in [5, 5.41) is 11.4. The number of carbonyl (C=O) groups excluding carboxylic acids is 2. The van der Waals surface area contributed by atoms with Crippen LogP contribution >= 0.6 is 0 Å². The van der Waals surface area contributed by atoms with Gasteiger partial charge in [-0.2, -0.15) is 5.26 Å². The van der Waals surface area contributed by atoms with Gasteiger partial charge in [0, 0.05) is 29.9 Å². The van der Waals surface area contributed by atoms with Gasteiger partial charge >= 0.3 is 0 Å². The van der Waals surface area contributed by atoms with E-state index in [9.17, 15) is 22.8 Å². The standard InChI is InChI=1S/C21H17F3N4O2/c22-16-5-2-14(3-6-16)1-4-15-11-26-8-7-18(15)20(30)27-12-19(29)28-13-21(23,24)9-17(28)10-25/h1-8,11,17H,9,12-13H2,(H,27,30). The molecule has 1 aliphatic rings. The minimum Gasteiger partial charge on any atom is -0.343 e. The summed E-state index contributed by atoms with van der Waals surface area (Å²) >= 11 is 0. The molecule has 1 aromatic heterocycles. The van der Waals surface area contributed by atoms with Gasteiger partial charge in [-0.25, -0.2) is 13.2 Å². The molecule has 0 saturated carbocycles. The lowest BCUT2D eigenvalue weighted by molar-refractivity contribution is -0.131. The Morgan fingerprint density at radius 2 is 2.00 bits per heavy atom. The summed E-state index contributed by atoms with van der Waals surface area (Å²) in [5.74, 6) is -4.84. The Morgan fingerprint density at radius 3 is 2.70 bits per heavy atom. The number of nitrogens with one attached hydrogen (secondary N) is 1. The third-order valence-electron chi connectivity index (χ3n) is 4.56. The van der Waals surface area contributed by atoms with E-state index < -0.39 is 43.3 Å². The van der Waals surface area contributed by atoms with E-state index in [0.29, 0.717) is 11.1 Å². The van der Waals surface area contributed by atoms with E-state index >= 15 is 0 Å². The van der Waals surface area contributed by atoms with Crippen LogP contribution in [0.1, 0.15) is 27.9 Å². The van der Waals surface area contributed by atoms with Gasteiger partial charge in [0.15, 0.2) is 0 Å². The van der Waals surface area contributed by atoms with Crippen molar-refractivity contribution in [1.82, 2.24) is 15.2 Å². The number of hydrogen-bond donors (Lipinski definition) is 1. The molecule has 6 nitrogen and oxygen atoms in total. The molecular weight excluding hydrogens is 397 g/mol. The van der Waals surface area contributed by atoms with Crippen LogP contribution in [0.25, 0.3) is 12.2 Å². The molecule has 2 heterocycles. The summed E-state index contributed by atoms with van der Waals surface area (Å²) in [4.78, 5) is 29.5. The van der Waals surface area contributed by atoms with E-state index in [2.05, 4.69) is 10.3 Å². The van der Waals surface area contributed by atoms with Crippen LogP contribution in [0.4, 0.5) is 13.2 Å². The molecule has 2 aromatic rings. The highest BCUT2D eigenvalue weighted by molar-refractivity contribution is 6.00. The van der Waals surface area contributed by atoms with Crippen LogP contribution in [0.3, 0.4) is 0 Å². The highest BCUT2D eigenvalue weighted by Crippen LogP contribution is 2.31. The predicted octanol–water partition coefficient (Wildman–Crippen LogP) is 2.88. The van der Waals surface area contributed by atoms with E-state index in [1.807, 2.05) is 0 Å². The summed E-state index contributed by atoms with van der Waals surface area (Å²) in [6.45, 7) is -1.36. The number of halogens is 3. The second-order valence-electron chi connectivity index (χ2n) is 6.76. The highest BCUT2D eigenvalue weighted by Gasteiger charge is 2.47. The highest BCUT2D eigenvalue weighted by atomic mass is 19.3. The average Bonchev–Trinajstić information content (AvgIpc) is 3.06. The average molecular weight is 414 g/mol. The quantitative estimate of drug-likeness (QED) is 0.815. The molecule has 0 bridgehead atoms. The number of aromatic nitrogens is 1. The van der Waals surface area contributed by atoms with Crippen LogP contribution in [0.15, 0.2) is 42.7 Å². The van der Waals surface area contributed by atoms with Crippen molar-refractivity contribution in [3.8, 4) is 6.07 Å². The van der Waals surface area contributed by atoms with Crippen molar-refractivity contribution in [2.24, 2.45) is 0 Å². The van der Waals surface area contributed by atoms with E-state index in [-0.39, 0.29) is 11.4 Å². The zero-order chi connectivity index (χ0) is 21.7. The van der Waals surface area contributed by atoms with Crippen molar-refractivity contribution < 1.29 is 22.8 Å². The molecule has 0 spiro atoms. The minimum absolute atomic E-state index is 0.222. The molecule has 1 atom stereocenters. The van der Waals surface area contributed by atoms with Gasteiger partial charge in [0.25, 0.3) is 11.8 Å². The largest absolute Gasteiger partial charge is 0.343 e. The molecule has 1 aromatic carbocycles. The first-order chi connectivity index (χ1) is 14.3. The molecule has 2 amide bonds. The Hall–Kier alpha value is -3.67. The lowest BCUT2D eigenvalue weighted by Crippen LogP contribution is -2.43. The van der Waals surface area contributed by atoms with Gasteiger partial charge in [0.2, 0.25) is 5.91 Å². The fourth-order valence-electron chi connectivity index (χ4n) is 3.05. The summed E-state index contributed by atoms with van der Waals surface area (Å²) in [6.07, 6.45) is 5.42. The van der Waals surface area contributed by atoms with Gasteiger partial charge in [-0.1, -0.05) is 24.3 Å². The zero-order valence-electron chi connectivity index (χ0n) is 15.7. The molecule has 1 unspecified atom stereocenters. The molecule has 3 rings (SSSR count). The normalized spacial score (nSPS) is 17.7. The topological polar surface area (TPSA) is 86.1 Å². The Labute approximate surface area is 170 Å². The number of pyridine rings is 1. The monoisotopic (exact) mass is 414 g/mol. The molecule has 0 aliphatic carbocycles. The van der Waals surface area contributed by atoms with Gasteiger partial charge in [-0.3, -0.25) is 14.6 Å². The number of hydrogen-bond acceptors (Lipinski definition) is 4. The van der Waals surface area contributed by atoms with Crippen molar-refractivity contribution >= 4 is 24.0 Å². The van der Waals surface area contributed by atoms with Gasteiger partial charge in [0.1, 0.15) is 11.9 Å². The Kier molecular flexibility index (Phi) is 6.16. The van der Waals surface area contributed by atoms with E-state index in [1.54, 1.807) is 30.4 Å². The second-order valence-corrected chi connectivity index (χ2v) is 6.76. The van der Waals surface area contributed by atoms with Crippen LogP contribution in [0.5, 0.6) is 0 Å². The number of amides is 2. The first-order valence-corrected chi connectivity index (χ1v) is 9.02. The molecule has 154 valence electrons. The Balaban J connectivity index is 1.67. The Bertz CT molecular complexity index is 1020. The Morgan fingerprint density at radius 1 is 1.27 bits per heavy atom. The summed E-state index contributed by atoms with van der Waals surface area (Å²) < 4.78 is 40.0. The number of carbonyl (C=O) groups is 2. The fourth-order valence-corrected chi connectivity index (χ4v) is 3.05. The number of benzene rings is 1. The van der Waals surface area contributed by atoms with Crippen molar-refractivity contribution in [3.63, 3.8) is 0 Å². The maximum atomic E-state index is 13.5. The number of nitriles is 1. The number of rotatable bonds is 5. The van der Waals surface area contributed by atoms with Crippen molar-refractivity contribution in [2.75, 3.05) is 13.1 Å². The van der Waals surface area contributed by atoms with E-state index in [0.717, 1.165) is 4.90 Å². The maximum absolute atomic E-state index is 13.5. The molecule has 1 saturated heterocycles. The van der Waals surface area contributed by atoms with Crippen molar-refractivity contribution in [3.05, 3.63) is 65.2 Å². The number of alkyl halides is 2. The van der Waals surface area contributed by atoms with Gasteiger partial charge in [-0.05, 0) is 23.8 Å².